The highest BCUT2D eigenvalue weighted by molar-refractivity contribution is 6.17. The van der Waals surface area contributed by atoms with E-state index in [1.807, 2.05) is 18.2 Å². The summed E-state index contributed by atoms with van der Waals surface area (Å²) in [4.78, 5) is 11.7. The first-order valence-corrected chi connectivity index (χ1v) is 5.54. The van der Waals surface area contributed by atoms with Crippen LogP contribution in [-0.2, 0) is 0 Å². The highest BCUT2D eigenvalue weighted by atomic mass is 35.5. The number of benzene rings is 1. The van der Waals surface area contributed by atoms with Crippen LogP contribution in [0.15, 0.2) is 24.3 Å². The summed E-state index contributed by atoms with van der Waals surface area (Å²) in [5, 5.41) is 0. The van der Waals surface area contributed by atoms with E-state index < -0.39 is 0 Å². The summed E-state index contributed by atoms with van der Waals surface area (Å²) in [7, 11) is 1.59. The second kappa shape index (κ2) is 6.46. The molecule has 0 radical (unpaired) electrons. The molecule has 0 spiro atoms. The summed E-state index contributed by atoms with van der Waals surface area (Å²) < 4.78 is 5.06. The Morgan fingerprint density at radius 1 is 1.40 bits per heavy atom. The number of rotatable bonds is 6. The average Bonchev–Trinajstić information content (AvgIpc) is 2.29. The van der Waals surface area contributed by atoms with Gasteiger partial charge in [-0.05, 0) is 25.0 Å². The minimum Gasteiger partial charge on any atom is -0.497 e. The monoisotopic (exact) mass is 226 g/mol. The van der Waals surface area contributed by atoms with Crippen molar-refractivity contribution < 1.29 is 9.53 Å². The molecule has 0 unspecified atom stereocenters. The van der Waals surface area contributed by atoms with Gasteiger partial charge < -0.3 is 4.74 Å². The molecule has 15 heavy (non-hydrogen) atoms. The van der Waals surface area contributed by atoms with E-state index in [4.69, 9.17) is 16.3 Å². The van der Waals surface area contributed by atoms with Gasteiger partial charge in [-0.2, -0.15) is 0 Å². The normalized spacial score (nSPS) is 10.0. The molecular formula is C12H15ClO2. The van der Waals surface area contributed by atoms with Gasteiger partial charge in [0.25, 0.3) is 0 Å². The minimum absolute atomic E-state index is 0.152. The molecule has 0 aliphatic heterocycles. The lowest BCUT2D eigenvalue weighted by atomic mass is 10.1. The molecule has 3 heteroatoms. The highest BCUT2D eigenvalue weighted by Gasteiger charge is 2.05. The number of ketones is 1. The minimum atomic E-state index is 0.152. The molecule has 0 heterocycles. The number of carbonyl (C=O) groups is 1. The Labute approximate surface area is 95.2 Å². The van der Waals surface area contributed by atoms with Crippen LogP contribution >= 0.6 is 11.6 Å². The molecule has 2 nitrogen and oxygen atoms in total. The lowest BCUT2D eigenvalue weighted by molar-refractivity contribution is 0.0979. The van der Waals surface area contributed by atoms with E-state index in [0.717, 1.165) is 18.6 Å². The number of Topliss-reactive ketones (excluding diaryl/α,β-unsaturated/α-hetero) is 1. The van der Waals surface area contributed by atoms with E-state index in [2.05, 4.69) is 0 Å². The number of carbonyl (C=O) groups excluding carboxylic acids is 1. The van der Waals surface area contributed by atoms with Crippen molar-refractivity contribution >= 4 is 17.4 Å². The van der Waals surface area contributed by atoms with Gasteiger partial charge in [-0.15, -0.1) is 11.6 Å². The average molecular weight is 227 g/mol. The second-order valence-electron chi connectivity index (χ2n) is 3.30. The van der Waals surface area contributed by atoms with Gasteiger partial charge >= 0.3 is 0 Å². The van der Waals surface area contributed by atoms with E-state index in [0.29, 0.717) is 17.9 Å². The Bertz CT molecular complexity index is 323. The quantitative estimate of drug-likeness (QED) is 0.423. The Balaban J connectivity index is 2.57. The Hall–Kier alpha value is -1.02. The predicted octanol–water partition coefficient (Wildman–Crippen LogP) is 3.29. The van der Waals surface area contributed by atoms with E-state index in [-0.39, 0.29) is 5.78 Å². The van der Waals surface area contributed by atoms with Crippen LogP contribution in [0.4, 0.5) is 0 Å². The van der Waals surface area contributed by atoms with Crippen molar-refractivity contribution in [2.24, 2.45) is 0 Å². The summed E-state index contributed by atoms with van der Waals surface area (Å²) in [6.45, 7) is 0. The van der Waals surface area contributed by atoms with Gasteiger partial charge in [-0.3, -0.25) is 4.79 Å². The number of hydrogen-bond acceptors (Lipinski definition) is 2. The maximum Gasteiger partial charge on any atom is 0.163 e. The van der Waals surface area contributed by atoms with Gasteiger partial charge in [0.15, 0.2) is 5.78 Å². The number of alkyl halides is 1. The lowest BCUT2D eigenvalue weighted by Crippen LogP contribution is -1.99. The molecule has 0 N–H and O–H groups in total. The zero-order valence-electron chi connectivity index (χ0n) is 8.83. The molecule has 0 aliphatic carbocycles. The zero-order chi connectivity index (χ0) is 11.1. The molecule has 0 aromatic heterocycles. The highest BCUT2D eigenvalue weighted by Crippen LogP contribution is 2.15. The third-order valence-electron chi connectivity index (χ3n) is 2.18. The maximum absolute atomic E-state index is 11.7. The molecular weight excluding hydrogens is 212 g/mol. The van der Waals surface area contributed by atoms with Gasteiger partial charge in [-0.1, -0.05) is 12.1 Å². The summed E-state index contributed by atoms with van der Waals surface area (Å²) in [6, 6.07) is 7.23. The summed E-state index contributed by atoms with van der Waals surface area (Å²) in [6.07, 6.45) is 2.29. The van der Waals surface area contributed by atoms with Gasteiger partial charge in [0, 0.05) is 17.9 Å². The maximum atomic E-state index is 11.7. The van der Waals surface area contributed by atoms with Crippen LogP contribution < -0.4 is 4.74 Å². The van der Waals surface area contributed by atoms with Crippen molar-refractivity contribution in [3.8, 4) is 5.75 Å². The molecule has 0 bridgehead atoms. The molecule has 0 amide bonds. The van der Waals surface area contributed by atoms with E-state index >= 15 is 0 Å². The van der Waals surface area contributed by atoms with Crippen molar-refractivity contribution in [1.82, 2.24) is 0 Å². The number of hydrogen-bond donors (Lipinski definition) is 0. The van der Waals surface area contributed by atoms with Gasteiger partial charge in [-0.25, -0.2) is 0 Å². The Morgan fingerprint density at radius 2 is 2.20 bits per heavy atom. The van der Waals surface area contributed by atoms with Crippen LogP contribution in [0, 0.1) is 0 Å². The first-order valence-electron chi connectivity index (χ1n) is 5.01. The van der Waals surface area contributed by atoms with Gasteiger partial charge in [0.05, 0.1) is 7.11 Å². The van der Waals surface area contributed by atoms with Gasteiger partial charge in [0.2, 0.25) is 0 Å². The predicted molar refractivity (Wildman–Crippen MR) is 61.9 cm³/mol. The van der Waals surface area contributed by atoms with Crippen LogP contribution in [0.3, 0.4) is 0 Å². The number of methoxy groups -OCH3 is 1. The molecule has 0 saturated carbocycles. The summed E-state index contributed by atoms with van der Waals surface area (Å²) in [5.74, 6) is 1.49. The first-order chi connectivity index (χ1) is 7.27. The van der Waals surface area contributed by atoms with Crippen LogP contribution in [0.2, 0.25) is 0 Å². The third-order valence-corrected chi connectivity index (χ3v) is 2.45. The SMILES string of the molecule is COc1cccc(C(=O)CCCCCl)c1. The molecule has 1 aromatic carbocycles. The third kappa shape index (κ3) is 3.92. The largest absolute Gasteiger partial charge is 0.497 e. The fraction of sp³-hybridized carbons (Fsp3) is 0.417. The van der Waals surface area contributed by atoms with Crippen molar-refractivity contribution in [2.45, 2.75) is 19.3 Å². The van der Waals surface area contributed by atoms with Crippen LogP contribution in [0.5, 0.6) is 5.75 Å². The Kier molecular flexibility index (Phi) is 5.19. The van der Waals surface area contributed by atoms with Crippen molar-refractivity contribution in [3.05, 3.63) is 29.8 Å². The fourth-order valence-electron chi connectivity index (χ4n) is 1.32. The number of halogens is 1. The summed E-state index contributed by atoms with van der Waals surface area (Å²) in [5.41, 5.74) is 0.712. The molecule has 0 fully saturated rings. The van der Waals surface area contributed by atoms with Crippen LogP contribution in [-0.4, -0.2) is 18.8 Å². The van der Waals surface area contributed by atoms with Crippen molar-refractivity contribution in [2.75, 3.05) is 13.0 Å². The van der Waals surface area contributed by atoms with Crippen LogP contribution in [0.25, 0.3) is 0 Å². The first kappa shape index (κ1) is 12.1. The fourth-order valence-corrected chi connectivity index (χ4v) is 1.51. The van der Waals surface area contributed by atoms with E-state index in [1.165, 1.54) is 0 Å². The van der Waals surface area contributed by atoms with Gasteiger partial charge in [0.1, 0.15) is 5.75 Å². The lowest BCUT2D eigenvalue weighted by Gasteiger charge is -2.03. The van der Waals surface area contributed by atoms with Crippen molar-refractivity contribution in [1.29, 1.82) is 0 Å². The molecule has 0 aliphatic rings. The Morgan fingerprint density at radius 3 is 2.87 bits per heavy atom. The standard InChI is InChI=1S/C12H15ClO2/c1-15-11-6-4-5-10(9-11)12(14)7-2-3-8-13/h4-6,9H,2-3,7-8H2,1H3. The van der Waals surface area contributed by atoms with Crippen molar-refractivity contribution in [3.63, 3.8) is 0 Å². The van der Waals surface area contributed by atoms with E-state index in [9.17, 15) is 4.79 Å². The number of unbranched alkanes of at least 4 members (excludes halogenated alkanes) is 1. The summed E-state index contributed by atoms with van der Waals surface area (Å²) >= 11 is 5.55. The second-order valence-corrected chi connectivity index (χ2v) is 3.68. The molecule has 1 aromatic rings. The molecule has 0 saturated heterocycles. The topological polar surface area (TPSA) is 26.3 Å². The zero-order valence-corrected chi connectivity index (χ0v) is 9.59. The van der Waals surface area contributed by atoms with Crippen LogP contribution in [0.1, 0.15) is 29.6 Å². The smallest absolute Gasteiger partial charge is 0.163 e. The number of ether oxygens (including phenoxy) is 1. The van der Waals surface area contributed by atoms with E-state index in [1.54, 1.807) is 13.2 Å². The molecule has 1 rings (SSSR count). The molecule has 82 valence electrons. The molecule has 0 atom stereocenters.